The van der Waals surface area contributed by atoms with Gasteiger partial charge in [0.1, 0.15) is 5.75 Å². The second-order valence-corrected chi connectivity index (χ2v) is 4.55. The number of halogens is 1. The van der Waals surface area contributed by atoms with Crippen molar-refractivity contribution in [3.63, 3.8) is 0 Å². The molecule has 0 fully saturated rings. The number of hydrogen-bond acceptors (Lipinski definition) is 4. The van der Waals surface area contributed by atoms with E-state index in [1.807, 2.05) is 11.4 Å². The molecular formula is C13H18ClN3O3. The fourth-order valence-corrected chi connectivity index (χ4v) is 1.76. The van der Waals surface area contributed by atoms with Crippen molar-refractivity contribution in [2.45, 2.75) is 19.9 Å². The Labute approximate surface area is 122 Å². The van der Waals surface area contributed by atoms with Crippen molar-refractivity contribution in [3.05, 3.63) is 28.8 Å². The summed E-state index contributed by atoms with van der Waals surface area (Å²) in [6.45, 7) is 3.42. The molecule has 1 rings (SSSR count). The Morgan fingerprint density at radius 2 is 2.15 bits per heavy atom. The minimum Gasteiger partial charge on any atom is -0.482 e. The van der Waals surface area contributed by atoms with Crippen LogP contribution in [0.25, 0.3) is 0 Å². The van der Waals surface area contributed by atoms with Gasteiger partial charge in [0, 0.05) is 6.54 Å². The predicted octanol–water partition coefficient (Wildman–Crippen LogP) is 1.41. The molecule has 0 aromatic heterocycles. The second kappa shape index (κ2) is 8.39. The summed E-state index contributed by atoms with van der Waals surface area (Å²) < 4.78 is 5.21. The summed E-state index contributed by atoms with van der Waals surface area (Å²) in [6, 6.07) is 4.39. The van der Waals surface area contributed by atoms with Crippen LogP contribution in [0.3, 0.4) is 0 Å². The molecule has 0 aliphatic rings. The largest absolute Gasteiger partial charge is 0.482 e. The Morgan fingerprint density at radius 3 is 2.75 bits per heavy atom. The van der Waals surface area contributed by atoms with E-state index in [2.05, 4.69) is 12.2 Å². The molecule has 7 heteroatoms. The number of amides is 3. The maximum absolute atomic E-state index is 11.2. The highest BCUT2D eigenvalue weighted by Gasteiger charge is 2.08. The molecule has 0 unspecified atom stereocenters. The van der Waals surface area contributed by atoms with E-state index < -0.39 is 11.9 Å². The normalized spacial score (nSPS) is 10.1. The molecule has 1 aromatic carbocycles. The third-order valence-corrected chi connectivity index (χ3v) is 2.67. The minimum absolute atomic E-state index is 0.323. The number of nitrogens with two attached hydrogens (primary N) is 1. The van der Waals surface area contributed by atoms with Gasteiger partial charge in [-0.1, -0.05) is 24.6 Å². The summed E-state index contributed by atoms with van der Waals surface area (Å²) in [7, 11) is 0. The first-order valence-corrected chi connectivity index (χ1v) is 6.62. The minimum atomic E-state index is -0.915. The van der Waals surface area contributed by atoms with Crippen LogP contribution in [-0.2, 0) is 11.3 Å². The van der Waals surface area contributed by atoms with Crippen molar-refractivity contribution in [1.29, 1.82) is 0 Å². The topological polar surface area (TPSA) is 93.4 Å². The van der Waals surface area contributed by atoms with Crippen molar-refractivity contribution in [2.24, 2.45) is 5.73 Å². The molecule has 4 N–H and O–H groups in total. The van der Waals surface area contributed by atoms with E-state index in [0.717, 1.165) is 25.1 Å². The molecule has 0 aliphatic heterocycles. The van der Waals surface area contributed by atoms with Crippen LogP contribution >= 0.6 is 11.6 Å². The van der Waals surface area contributed by atoms with Gasteiger partial charge in [-0.15, -0.1) is 0 Å². The standard InChI is InChI=1S/C13H18ClN3O3/c1-2-5-16-7-9-3-4-11(10(14)6-9)20-8-12(18)17-13(15)19/h3-4,6,16H,2,5,7-8H2,1H3,(H3,15,17,18,19). The highest BCUT2D eigenvalue weighted by Crippen LogP contribution is 2.25. The number of carbonyl (C=O) groups is 2. The van der Waals surface area contributed by atoms with E-state index in [1.54, 1.807) is 12.1 Å². The predicted molar refractivity (Wildman–Crippen MR) is 76.7 cm³/mol. The molecule has 0 heterocycles. The maximum Gasteiger partial charge on any atom is 0.318 e. The monoisotopic (exact) mass is 299 g/mol. The number of carbonyl (C=O) groups excluding carboxylic acids is 2. The Bertz CT molecular complexity index is 480. The molecule has 0 radical (unpaired) electrons. The molecule has 6 nitrogen and oxygen atoms in total. The summed E-state index contributed by atoms with van der Waals surface area (Å²) in [5.74, 6) is -0.243. The highest BCUT2D eigenvalue weighted by molar-refractivity contribution is 6.32. The van der Waals surface area contributed by atoms with Crippen LogP contribution in [0.15, 0.2) is 18.2 Å². The van der Waals surface area contributed by atoms with Crippen LogP contribution < -0.4 is 21.1 Å². The van der Waals surface area contributed by atoms with Crippen LogP contribution in [0.5, 0.6) is 5.75 Å². The Morgan fingerprint density at radius 1 is 1.40 bits per heavy atom. The first-order chi connectivity index (χ1) is 9.52. The van der Waals surface area contributed by atoms with Crippen LogP contribution in [0.2, 0.25) is 5.02 Å². The van der Waals surface area contributed by atoms with Gasteiger partial charge in [-0.25, -0.2) is 4.79 Å². The number of benzene rings is 1. The molecule has 0 saturated heterocycles. The second-order valence-electron chi connectivity index (χ2n) is 4.14. The Hall–Kier alpha value is -1.79. The molecule has 110 valence electrons. The van der Waals surface area contributed by atoms with Crippen molar-refractivity contribution >= 4 is 23.5 Å². The lowest BCUT2D eigenvalue weighted by Crippen LogP contribution is -2.38. The quantitative estimate of drug-likeness (QED) is 0.664. The van der Waals surface area contributed by atoms with Gasteiger partial charge in [-0.2, -0.15) is 0 Å². The summed E-state index contributed by atoms with van der Waals surface area (Å²) in [5.41, 5.74) is 5.84. The average molecular weight is 300 g/mol. The van der Waals surface area contributed by atoms with E-state index in [0.29, 0.717) is 10.8 Å². The lowest BCUT2D eigenvalue weighted by Gasteiger charge is -2.09. The van der Waals surface area contributed by atoms with Gasteiger partial charge in [-0.05, 0) is 30.7 Å². The summed E-state index contributed by atoms with van der Waals surface area (Å²) in [6.07, 6.45) is 1.06. The van der Waals surface area contributed by atoms with E-state index in [9.17, 15) is 9.59 Å². The van der Waals surface area contributed by atoms with Gasteiger partial charge in [0.2, 0.25) is 0 Å². The van der Waals surface area contributed by atoms with Gasteiger partial charge in [0.15, 0.2) is 6.61 Å². The number of primary amides is 1. The first kappa shape index (κ1) is 16.3. The van der Waals surface area contributed by atoms with Crippen LogP contribution in [0.4, 0.5) is 4.79 Å². The van der Waals surface area contributed by atoms with Gasteiger partial charge in [0.25, 0.3) is 5.91 Å². The molecule has 3 amide bonds. The molecule has 0 atom stereocenters. The lowest BCUT2D eigenvalue weighted by atomic mass is 10.2. The first-order valence-electron chi connectivity index (χ1n) is 6.24. The van der Waals surface area contributed by atoms with Crippen LogP contribution in [0.1, 0.15) is 18.9 Å². The number of hydrogen-bond donors (Lipinski definition) is 3. The smallest absolute Gasteiger partial charge is 0.318 e. The number of rotatable bonds is 7. The molecular weight excluding hydrogens is 282 g/mol. The molecule has 20 heavy (non-hydrogen) atoms. The van der Waals surface area contributed by atoms with Crippen LogP contribution in [-0.4, -0.2) is 25.1 Å². The average Bonchev–Trinajstić information content (AvgIpc) is 2.37. The fourth-order valence-electron chi connectivity index (χ4n) is 1.50. The van der Waals surface area contributed by atoms with Gasteiger partial charge < -0.3 is 15.8 Å². The molecule has 0 spiro atoms. The highest BCUT2D eigenvalue weighted by atomic mass is 35.5. The van der Waals surface area contributed by atoms with Gasteiger partial charge >= 0.3 is 6.03 Å². The van der Waals surface area contributed by atoms with Crippen LogP contribution in [0, 0.1) is 0 Å². The van der Waals surface area contributed by atoms with E-state index in [1.165, 1.54) is 0 Å². The summed E-state index contributed by atoms with van der Waals surface area (Å²) in [4.78, 5) is 21.6. The lowest BCUT2D eigenvalue weighted by molar-refractivity contribution is -0.121. The Balaban J connectivity index is 2.51. The molecule has 0 bridgehead atoms. The Kier molecular flexibility index (Phi) is 6.83. The number of imide groups is 1. The molecule has 1 aromatic rings. The number of urea groups is 1. The summed E-state index contributed by atoms with van der Waals surface area (Å²) >= 11 is 6.06. The molecule has 0 saturated carbocycles. The zero-order chi connectivity index (χ0) is 15.0. The number of nitrogens with one attached hydrogen (secondary N) is 2. The van der Waals surface area contributed by atoms with E-state index >= 15 is 0 Å². The molecule has 0 aliphatic carbocycles. The maximum atomic E-state index is 11.2. The number of ether oxygens (including phenoxy) is 1. The fraction of sp³-hybridized carbons (Fsp3) is 0.385. The zero-order valence-corrected chi connectivity index (χ0v) is 12.0. The van der Waals surface area contributed by atoms with Crippen molar-refractivity contribution in [2.75, 3.05) is 13.2 Å². The van der Waals surface area contributed by atoms with Crippen molar-refractivity contribution in [3.8, 4) is 5.75 Å². The van der Waals surface area contributed by atoms with Gasteiger partial charge in [0.05, 0.1) is 5.02 Å². The SMILES string of the molecule is CCCNCc1ccc(OCC(=O)NC(N)=O)c(Cl)c1. The van der Waals surface area contributed by atoms with E-state index in [-0.39, 0.29) is 6.61 Å². The van der Waals surface area contributed by atoms with Gasteiger partial charge in [-0.3, -0.25) is 10.1 Å². The zero-order valence-electron chi connectivity index (χ0n) is 11.2. The van der Waals surface area contributed by atoms with Crippen molar-refractivity contribution < 1.29 is 14.3 Å². The van der Waals surface area contributed by atoms with E-state index in [4.69, 9.17) is 22.1 Å². The third-order valence-electron chi connectivity index (χ3n) is 2.37. The summed E-state index contributed by atoms with van der Waals surface area (Å²) in [5, 5.41) is 5.56. The third kappa shape index (κ3) is 5.90. The van der Waals surface area contributed by atoms with Crippen molar-refractivity contribution in [1.82, 2.24) is 10.6 Å².